The van der Waals surface area contributed by atoms with Crippen molar-refractivity contribution >= 4 is 21.9 Å². The lowest BCUT2D eigenvalue weighted by Crippen LogP contribution is -2.47. The van der Waals surface area contributed by atoms with Crippen molar-refractivity contribution in [2.24, 2.45) is 4.99 Å². The fraction of sp³-hybridized carbons (Fsp3) is 0.500. The molecule has 0 bridgehead atoms. The van der Waals surface area contributed by atoms with Crippen molar-refractivity contribution in [3.05, 3.63) is 34.3 Å². The molecule has 1 aliphatic rings. The maximum Gasteiger partial charge on any atom is 0.191 e. The summed E-state index contributed by atoms with van der Waals surface area (Å²) in [6.45, 7) is 4.23. The lowest BCUT2D eigenvalue weighted by molar-refractivity contribution is 0.0369. The van der Waals surface area contributed by atoms with Gasteiger partial charge in [0.2, 0.25) is 0 Å². The largest absolute Gasteiger partial charge is 0.383 e. The van der Waals surface area contributed by atoms with E-state index in [0.717, 1.165) is 35.5 Å². The highest BCUT2D eigenvalue weighted by Crippen LogP contribution is 2.25. The molecule has 0 radical (unpaired) electrons. The highest BCUT2D eigenvalue weighted by atomic mass is 79.9. The minimum Gasteiger partial charge on any atom is -0.383 e. The molecule has 0 aliphatic carbocycles. The first-order valence-electron chi connectivity index (χ1n) is 6.65. The summed E-state index contributed by atoms with van der Waals surface area (Å²) in [7, 11) is 0. The number of nitrogens with one attached hydrogen (secondary N) is 2. The molecule has 0 fully saturated rings. The van der Waals surface area contributed by atoms with Crippen LogP contribution in [0.3, 0.4) is 0 Å². The third kappa shape index (κ3) is 3.70. The van der Waals surface area contributed by atoms with Crippen molar-refractivity contribution in [3.8, 4) is 0 Å². The second kappa shape index (κ2) is 6.39. The summed E-state index contributed by atoms with van der Waals surface area (Å²) in [6.07, 6.45) is 1.71. The van der Waals surface area contributed by atoms with E-state index in [1.54, 1.807) is 0 Å². The van der Waals surface area contributed by atoms with Gasteiger partial charge >= 0.3 is 0 Å². The molecule has 19 heavy (non-hydrogen) atoms. The summed E-state index contributed by atoms with van der Waals surface area (Å²) >= 11 is 3.41. The minimum atomic E-state index is -0.873. The Bertz CT molecular complexity index is 447. The van der Waals surface area contributed by atoms with Crippen LogP contribution < -0.4 is 10.6 Å². The second-order valence-electron chi connectivity index (χ2n) is 4.76. The molecule has 104 valence electrons. The Hall–Kier alpha value is -1.07. The first-order valence-corrected chi connectivity index (χ1v) is 7.44. The SMILES string of the molecule is CCC(O)(CNC1=NCCCN1)c1ccc(Br)cc1. The Kier molecular flexibility index (Phi) is 4.82. The van der Waals surface area contributed by atoms with Gasteiger partial charge in [0.05, 0.1) is 6.54 Å². The first kappa shape index (κ1) is 14.3. The van der Waals surface area contributed by atoms with Crippen molar-refractivity contribution in [3.63, 3.8) is 0 Å². The number of guanidine groups is 1. The molecular weight excluding hydrogens is 306 g/mol. The summed E-state index contributed by atoms with van der Waals surface area (Å²) < 4.78 is 1.01. The highest BCUT2D eigenvalue weighted by Gasteiger charge is 2.27. The summed E-state index contributed by atoms with van der Waals surface area (Å²) in [5, 5.41) is 17.2. The number of nitrogens with zero attached hydrogens (tertiary/aromatic N) is 1. The van der Waals surface area contributed by atoms with E-state index in [9.17, 15) is 5.11 Å². The average Bonchev–Trinajstić information content (AvgIpc) is 2.46. The zero-order valence-electron chi connectivity index (χ0n) is 11.1. The van der Waals surface area contributed by atoms with E-state index in [4.69, 9.17) is 0 Å². The maximum absolute atomic E-state index is 10.8. The Morgan fingerprint density at radius 1 is 1.42 bits per heavy atom. The smallest absolute Gasteiger partial charge is 0.191 e. The van der Waals surface area contributed by atoms with Gasteiger partial charge in [0, 0.05) is 17.6 Å². The van der Waals surface area contributed by atoms with Crippen LogP contribution in [0.4, 0.5) is 0 Å². The average molecular weight is 326 g/mol. The molecule has 0 spiro atoms. The van der Waals surface area contributed by atoms with Crippen LogP contribution >= 0.6 is 15.9 Å². The standard InChI is InChI=1S/C14H20BrN3O/c1-2-14(19,11-4-6-12(15)7-5-11)10-18-13-16-8-3-9-17-13/h4-7,19H,2-3,8-10H2,1H3,(H2,16,17,18). The van der Waals surface area contributed by atoms with Gasteiger partial charge in [-0.3, -0.25) is 4.99 Å². The molecular formula is C14H20BrN3O. The molecule has 3 N–H and O–H groups in total. The number of benzene rings is 1. The highest BCUT2D eigenvalue weighted by molar-refractivity contribution is 9.10. The molecule has 2 rings (SSSR count). The zero-order chi connectivity index (χ0) is 13.7. The van der Waals surface area contributed by atoms with Crippen LogP contribution in [0.5, 0.6) is 0 Å². The predicted octanol–water partition coefficient (Wildman–Crippen LogP) is 1.99. The quantitative estimate of drug-likeness (QED) is 0.793. The van der Waals surface area contributed by atoms with Crippen molar-refractivity contribution < 1.29 is 5.11 Å². The van der Waals surface area contributed by atoms with Gasteiger partial charge in [-0.1, -0.05) is 35.0 Å². The van der Waals surface area contributed by atoms with Gasteiger partial charge < -0.3 is 15.7 Å². The molecule has 1 heterocycles. The van der Waals surface area contributed by atoms with Gasteiger partial charge in [0.25, 0.3) is 0 Å². The molecule has 1 aromatic carbocycles. The van der Waals surface area contributed by atoms with Crippen LogP contribution in [0.15, 0.2) is 33.7 Å². The lowest BCUT2D eigenvalue weighted by Gasteiger charge is -2.29. The van der Waals surface area contributed by atoms with Crippen LogP contribution in [0.1, 0.15) is 25.3 Å². The van der Waals surface area contributed by atoms with E-state index in [1.165, 1.54) is 0 Å². The number of aliphatic hydroxyl groups is 1. The molecule has 1 aliphatic heterocycles. The van der Waals surface area contributed by atoms with Crippen molar-refractivity contribution in [2.45, 2.75) is 25.4 Å². The van der Waals surface area contributed by atoms with Crippen molar-refractivity contribution in [2.75, 3.05) is 19.6 Å². The molecule has 5 heteroatoms. The number of hydrogen-bond donors (Lipinski definition) is 3. The molecule has 0 saturated heterocycles. The van der Waals surface area contributed by atoms with Gasteiger partial charge in [0.15, 0.2) is 5.96 Å². The topological polar surface area (TPSA) is 56.6 Å². The van der Waals surface area contributed by atoms with Crippen LogP contribution in [0, 0.1) is 0 Å². The Morgan fingerprint density at radius 2 is 2.16 bits per heavy atom. The summed E-state index contributed by atoms with van der Waals surface area (Å²) in [5.74, 6) is 0.787. The van der Waals surface area contributed by atoms with Crippen LogP contribution in [0.2, 0.25) is 0 Å². The number of halogens is 1. The summed E-state index contributed by atoms with van der Waals surface area (Å²) in [6, 6.07) is 7.80. The fourth-order valence-corrected chi connectivity index (χ4v) is 2.34. The van der Waals surface area contributed by atoms with Gasteiger partial charge in [0.1, 0.15) is 5.60 Å². The summed E-state index contributed by atoms with van der Waals surface area (Å²) in [4.78, 5) is 4.35. The molecule has 1 aromatic rings. The number of rotatable bonds is 4. The Morgan fingerprint density at radius 3 is 2.74 bits per heavy atom. The maximum atomic E-state index is 10.8. The molecule has 1 atom stereocenters. The van der Waals surface area contributed by atoms with Crippen LogP contribution in [0.25, 0.3) is 0 Å². The molecule has 1 unspecified atom stereocenters. The van der Waals surface area contributed by atoms with Gasteiger partial charge in [-0.2, -0.15) is 0 Å². The monoisotopic (exact) mass is 325 g/mol. The van der Waals surface area contributed by atoms with Crippen LogP contribution in [-0.2, 0) is 5.60 Å². The van der Waals surface area contributed by atoms with E-state index in [0.29, 0.717) is 13.0 Å². The Balaban J connectivity index is 2.04. The minimum absolute atomic E-state index is 0.455. The van der Waals surface area contributed by atoms with Crippen LogP contribution in [-0.4, -0.2) is 30.7 Å². The van der Waals surface area contributed by atoms with Gasteiger partial charge in [-0.25, -0.2) is 0 Å². The zero-order valence-corrected chi connectivity index (χ0v) is 12.7. The molecule has 0 aromatic heterocycles. The van der Waals surface area contributed by atoms with Gasteiger partial charge in [-0.15, -0.1) is 0 Å². The predicted molar refractivity (Wildman–Crippen MR) is 81.3 cm³/mol. The lowest BCUT2D eigenvalue weighted by atomic mass is 9.91. The van der Waals surface area contributed by atoms with E-state index in [1.807, 2.05) is 31.2 Å². The van der Waals surface area contributed by atoms with E-state index < -0.39 is 5.60 Å². The first-order chi connectivity index (χ1) is 9.14. The van der Waals surface area contributed by atoms with Crippen molar-refractivity contribution in [1.29, 1.82) is 0 Å². The summed E-state index contributed by atoms with van der Waals surface area (Å²) in [5.41, 5.74) is 0.0459. The van der Waals surface area contributed by atoms with Crippen molar-refractivity contribution in [1.82, 2.24) is 10.6 Å². The normalized spacial score (nSPS) is 18.2. The molecule has 0 saturated carbocycles. The fourth-order valence-electron chi connectivity index (χ4n) is 2.07. The Labute approximate surface area is 122 Å². The van der Waals surface area contributed by atoms with E-state index in [-0.39, 0.29) is 0 Å². The third-order valence-corrected chi connectivity index (χ3v) is 3.94. The molecule has 4 nitrogen and oxygen atoms in total. The van der Waals surface area contributed by atoms with Gasteiger partial charge in [-0.05, 0) is 30.5 Å². The van der Waals surface area contributed by atoms with E-state index >= 15 is 0 Å². The second-order valence-corrected chi connectivity index (χ2v) is 5.67. The molecule has 0 amide bonds. The third-order valence-electron chi connectivity index (χ3n) is 3.41. The number of hydrogen-bond acceptors (Lipinski definition) is 4. The van der Waals surface area contributed by atoms with E-state index in [2.05, 4.69) is 31.6 Å². The number of aliphatic imine (C=N–C) groups is 1.